The third-order valence-electron chi connectivity index (χ3n) is 3.07. The van der Waals surface area contributed by atoms with Crippen molar-refractivity contribution in [2.75, 3.05) is 11.9 Å². The summed E-state index contributed by atoms with van der Waals surface area (Å²) in [5, 5.41) is 2.95. The second-order valence-electron chi connectivity index (χ2n) is 4.42. The lowest BCUT2D eigenvalue weighted by atomic mass is 10.1. The smallest absolute Gasteiger partial charge is 0.255 e. The summed E-state index contributed by atoms with van der Waals surface area (Å²) in [7, 11) is 0. The minimum Gasteiger partial charge on any atom is -0.494 e. The van der Waals surface area contributed by atoms with Crippen LogP contribution in [0.25, 0.3) is 0 Å². The van der Waals surface area contributed by atoms with Gasteiger partial charge in [0.25, 0.3) is 5.91 Å². The van der Waals surface area contributed by atoms with E-state index in [2.05, 4.69) is 12.2 Å². The summed E-state index contributed by atoms with van der Waals surface area (Å²) in [5.74, 6) is 0.673. The van der Waals surface area contributed by atoms with Gasteiger partial charge in [-0.05, 0) is 49.2 Å². The maximum absolute atomic E-state index is 12.2. The Morgan fingerprint density at radius 2 is 1.75 bits per heavy atom. The average molecular weight is 269 g/mol. The first-order valence-electron chi connectivity index (χ1n) is 6.86. The lowest BCUT2D eigenvalue weighted by molar-refractivity contribution is 0.102. The Kier molecular flexibility index (Phi) is 4.77. The molecule has 20 heavy (non-hydrogen) atoms. The molecule has 0 aliphatic carbocycles. The number of nitrogens with one attached hydrogen (secondary N) is 1. The van der Waals surface area contributed by atoms with Crippen LogP contribution < -0.4 is 10.1 Å². The fourth-order valence-corrected chi connectivity index (χ4v) is 2.01. The normalized spacial score (nSPS) is 10.1. The van der Waals surface area contributed by atoms with E-state index in [1.54, 1.807) is 12.1 Å². The lowest BCUT2D eigenvalue weighted by Gasteiger charge is -2.10. The van der Waals surface area contributed by atoms with Crippen LogP contribution in [0, 0.1) is 0 Å². The SMILES string of the molecule is CCOc1ccc(C(=O)Nc2ccccc2CC)cc1. The summed E-state index contributed by atoms with van der Waals surface area (Å²) in [6.45, 7) is 4.62. The number of ether oxygens (including phenoxy) is 1. The zero-order valence-corrected chi connectivity index (χ0v) is 11.8. The Morgan fingerprint density at radius 1 is 1.05 bits per heavy atom. The van der Waals surface area contributed by atoms with Gasteiger partial charge in [-0.25, -0.2) is 0 Å². The number of hydrogen-bond acceptors (Lipinski definition) is 2. The molecule has 104 valence electrons. The molecule has 2 rings (SSSR count). The van der Waals surface area contributed by atoms with Crippen molar-refractivity contribution in [3.8, 4) is 5.75 Å². The Hall–Kier alpha value is -2.29. The molecule has 2 aromatic rings. The van der Waals surface area contributed by atoms with Crippen LogP contribution in [0.3, 0.4) is 0 Å². The van der Waals surface area contributed by atoms with Crippen molar-refractivity contribution in [2.45, 2.75) is 20.3 Å². The van der Waals surface area contributed by atoms with E-state index in [0.29, 0.717) is 12.2 Å². The van der Waals surface area contributed by atoms with E-state index in [9.17, 15) is 4.79 Å². The molecule has 2 aromatic carbocycles. The van der Waals surface area contributed by atoms with Gasteiger partial charge in [0.15, 0.2) is 0 Å². The van der Waals surface area contributed by atoms with Crippen LogP contribution in [-0.2, 0) is 6.42 Å². The van der Waals surface area contributed by atoms with Crippen LogP contribution in [0.1, 0.15) is 29.8 Å². The van der Waals surface area contributed by atoms with E-state index in [4.69, 9.17) is 4.74 Å². The van der Waals surface area contributed by atoms with Gasteiger partial charge in [-0.2, -0.15) is 0 Å². The highest BCUT2D eigenvalue weighted by Gasteiger charge is 2.08. The maximum atomic E-state index is 12.2. The summed E-state index contributed by atoms with van der Waals surface area (Å²) in [4.78, 5) is 12.2. The number of aryl methyl sites for hydroxylation is 1. The molecule has 3 heteroatoms. The zero-order chi connectivity index (χ0) is 14.4. The number of anilines is 1. The Balaban J connectivity index is 2.11. The second kappa shape index (κ2) is 6.75. The fraction of sp³-hybridized carbons (Fsp3) is 0.235. The third kappa shape index (κ3) is 3.38. The lowest BCUT2D eigenvalue weighted by Crippen LogP contribution is -2.13. The molecule has 0 saturated heterocycles. The summed E-state index contributed by atoms with van der Waals surface area (Å²) >= 11 is 0. The molecule has 1 N–H and O–H groups in total. The van der Waals surface area contributed by atoms with Gasteiger partial charge in [0, 0.05) is 11.3 Å². The summed E-state index contributed by atoms with van der Waals surface area (Å²) in [5.41, 5.74) is 2.63. The van der Waals surface area contributed by atoms with E-state index in [1.165, 1.54) is 0 Å². The number of carbonyl (C=O) groups excluding carboxylic acids is 1. The van der Waals surface area contributed by atoms with E-state index < -0.39 is 0 Å². The number of amides is 1. The van der Waals surface area contributed by atoms with Gasteiger partial charge in [0.2, 0.25) is 0 Å². The van der Waals surface area contributed by atoms with Crippen LogP contribution in [0.5, 0.6) is 5.75 Å². The first kappa shape index (κ1) is 14.1. The molecule has 0 aliphatic rings. The van der Waals surface area contributed by atoms with Crippen molar-refractivity contribution in [2.24, 2.45) is 0 Å². The molecule has 0 unspecified atom stereocenters. The molecule has 0 fully saturated rings. The third-order valence-corrected chi connectivity index (χ3v) is 3.07. The van der Waals surface area contributed by atoms with Crippen LogP contribution in [0.2, 0.25) is 0 Å². The van der Waals surface area contributed by atoms with Gasteiger partial charge in [0.1, 0.15) is 5.75 Å². The molecule has 0 spiro atoms. The summed E-state index contributed by atoms with van der Waals surface area (Å²) in [6.07, 6.45) is 0.889. The number of para-hydroxylation sites is 1. The van der Waals surface area contributed by atoms with Crippen LogP contribution in [-0.4, -0.2) is 12.5 Å². The monoisotopic (exact) mass is 269 g/mol. The van der Waals surface area contributed by atoms with Crippen LogP contribution in [0.4, 0.5) is 5.69 Å². The van der Waals surface area contributed by atoms with Gasteiger partial charge in [-0.3, -0.25) is 4.79 Å². The highest BCUT2D eigenvalue weighted by atomic mass is 16.5. The minimum absolute atomic E-state index is 0.103. The second-order valence-corrected chi connectivity index (χ2v) is 4.42. The van der Waals surface area contributed by atoms with Crippen LogP contribution in [0.15, 0.2) is 48.5 Å². The number of hydrogen-bond donors (Lipinski definition) is 1. The molecule has 0 bridgehead atoms. The van der Waals surface area contributed by atoms with E-state index >= 15 is 0 Å². The molecule has 0 aromatic heterocycles. The number of rotatable bonds is 5. The number of benzene rings is 2. The topological polar surface area (TPSA) is 38.3 Å². The maximum Gasteiger partial charge on any atom is 0.255 e. The van der Waals surface area contributed by atoms with Crippen molar-refractivity contribution in [1.82, 2.24) is 0 Å². The van der Waals surface area contributed by atoms with Gasteiger partial charge in [-0.15, -0.1) is 0 Å². The van der Waals surface area contributed by atoms with Crippen LogP contribution >= 0.6 is 0 Å². The predicted molar refractivity (Wildman–Crippen MR) is 81.4 cm³/mol. The molecular weight excluding hydrogens is 250 g/mol. The molecule has 0 atom stereocenters. The predicted octanol–water partition coefficient (Wildman–Crippen LogP) is 3.90. The van der Waals surface area contributed by atoms with Crippen molar-refractivity contribution >= 4 is 11.6 Å². The molecule has 3 nitrogen and oxygen atoms in total. The molecule has 0 saturated carbocycles. The molecule has 0 heterocycles. The standard InChI is InChI=1S/C17H19NO2/c1-3-13-7-5-6-8-16(13)18-17(19)14-9-11-15(12-10-14)20-4-2/h5-12H,3-4H2,1-2H3,(H,18,19). The first-order valence-corrected chi connectivity index (χ1v) is 6.86. The van der Waals surface area contributed by atoms with Crippen molar-refractivity contribution in [3.63, 3.8) is 0 Å². The summed E-state index contributed by atoms with van der Waals surface area (Å²) in [6, 6.07) is 15.0. The minimum atomic E-state index is -0.103. The largest absolute Gasteiger partial charge is 0.494 e. The molecule has 0 aliphatic heterocycles. The van der Waals surface area contributed by atoms with Gasteiger partial charge in [-0.1, -0.05) is 25.1 Å². The van der Waals surface area contributed by atoms with E-state index in [1.807, 2.05) is 43.3 Å². The summed E-state index contributed by atoms with van der Waals surface area (Å²) < 4.78 is 5.36. The molecule has 1 amide bonds. The first-order chi connectivity index (χ1) is 9.74. The Morgan fingerprint density at radius 3 is 2.40 bits per heavy atom. The van der Waals surface area contributed by atoms with E-state index in [0.717, 1.165) is 23.4 Å². The average Bonchev–Trinajstić information content (AvgIpc) is 2.49. The van der Waals surface area contributed by atoms with Crippen molar-refractivity contribution in [3.05, 3.63) is 59.7 Å². The highest BCUT2D eigenvalue weighted by molar-refractivity contribution is 6.04. The van der Waals surface area contributed by atoms with Crippen molar-refractivity contribution < 1.29 is 9.53 Å². The zero-order valence-electron chi connectivity index (χ0n) is 11.8. The van der Waals surface area contributed by atoms with Gasteiger partial charge in [0.05, 0.1) is 6.61 Å². The number of carbonyl (C=O) groups is 1. The Bertz CT molecular complexity index is 576. The molecular formula is C17H19NO2. The molecule has 0 radical (unpaired) electrons. The highest BCUT2D eigenvalue weighted by Crippen LogP contribution is 2.18. The van der Waals surface area contributed by atoms with Gasteiger partial charge < -0.3 is 10.1 Å². The fourth-order valence-electron chi connectivity index (χ4n) is 2.01. The van der Waals surface area contributed by atoms with Gasteiger partial charge >= 0.3 is 0 Å². The van der Waals surface area contributed by atoms with Crippen molar-refractivity contribution in [1.29, 1.82) is 0 Å². The van der Waals surface area contributed by atoms with E-state index in [-0.39, 0.29) is 5.91 Å². The Labute approximate surface area is 119 Å². The quantitative estimate of drug-likeness (QED) is 0.894.